The molecule has 0 aromatic heterocycles. The highest BCUT2D eigenvalue weighted by Gasteiger charge is 2.41. The normalized spacial score (nSPS) is 17.6. The highest BCUT2D eigenvalue weighted by molar-refractivity contribution is 5.97. The standard InChI is InChI=1S/C21H21F4N3O2/c1-27-17-5-3-15(11-19(17)30-12-20(27)29)26-14-2-4-16(22)18(10-14)28-8-6-13(7-9-28)21(23,24)25/h2-5,10-11,13,26H,6-9,12H2,1H3. The van der Waals surface area contributed by atoms with E-state index in [1.807, 2.05) is 0 Å². The lowest BCUT2D eigenvalue weighted by atomic mass is 9.96. The molecule has 2 aliphatic heterocycles. The Labute approximate surface area is 171 Å². The second kappa shape index (κ2) is 7.70. The van der Waals surface area contributed by atoms with Crippen LogP contribution in [0.3, 0.4) is 0 Å². The molecule has 5 nitrogen and oxygen atoms in total. The van der Waals surface area contributed by atoms with E-state index in [2.05, 4.69) is 5.32 Å². The number of nitrogens with zero attached hydrogens (tertiary/aromatic N) is 2. The Kier molecular flexibility index (Phi) is 5.21. The Morgan fingerprint density at radius 3 is 2.40 bits per heavy atom. The van der Waals surface area contributed by atoms with Crippen LogP contribution in [0.25, 0.3) is 0 Å². The second-order valence-electron chi connectivity index (χ2n) is 7.52. The lowest BCUT2D eigenvalue weighted by Crippen LogP contribution is -2.39. The van der Waals surface area contributed by atoms with Crippen LogP contribution >= 0.6 is 0 Å². The minimum Gasteiger partial charge on any atom is -0.481 e. The van der Waals surface area contributed by atoms with E-state index in [0.717, 1.165) is 0 Å². The fourth-order valence-electron chi connectivity index (χ4n) is 3.80. The predicted molar refractivity (Wildman–Crippen MR) is 106 cm³/mol. The quantitative estimate of drug-likeness (QED) is 0.727. The molecule has 2 heterocycles. The Morgan fingerprint density at radius 2 is 1.70 bits per heavy atom. The number of benzene rings is 2. The van der Waals surface area contributed by atoms with Crippen molar-refractivity contribution in [3.63, 3.8) is 0 Å². The average molecular weight is 423 g/mol. The van der Waals surface area contributed by atoms with Gasteiger partial charge in [0.2, 0.25) is 0 Å². The first-order valence-electron chi connectivity index (χ1n) is 9.64. The van der Waals surface area contributed by atoms with Gasteiger partial charge < -0.3 is 19.9 Å². The number of halogens is 4. The summed E-state index contributed by atoms with van der Waals surface area (Å²) in [4.78, 5) is 14.9. The number of fused-ring (bicyclic) bond motifs is 1. The van der Waals surface area contributed by atoms with Crippen molar-refractivity contribution in [1.82, 2.24) is 0 Å². The maximum absolute atomic E-state index is 14.4. The lowest BCUT2D eigenvalue weighted by molar-refractivity contribution is -0.179. The number of carbonyl (C=O) groups excluding carboxylic acids is 1. The molecule has 0 bridgehead atoms. The fourth-order valence-corrected chi connectivity index (χ4v) is 3.80. The van der Waals surface area contributed by atoms with Gasteiger partial charge in [0.25, 0.3) is 5.91 Å². The summed E-state index contributed by atoms with van der Waals surface area (Å²) < 4.78 is 58.5. The molecular formula is C21H21F4N3O2. The molecule has 2 aliphatic rings. The predicted octanol–water partition coefficient (Wildman–Crippen LogP) is 4.70. The van der Waals surface area contributed by atoms with Crippen molar-refractivity contribution in [2.24, 2.45) is 5.92 Å². The molecule has 0 radical (unpaired) electrons. The van der Waals surface area contributed by atoms with Gasteiger partial charge in [0.05, 0.1) is 17.3 Å². The number of hydrogen-bond acceptors (Lipinski definition) is 4. The molecule has 1 N–H and O–H groups in total. The van der Waals surface area contributed by atoms with Crippen molar-refractivity contribution >= 4 is 28.7 Å². The van der Waals surface area contributed by atoms with Crippen molar-refractivity contribution in [2.45, 2.75) is 19.0 Å². The third-order valence-electron chi connectivity index (χ3n) is 5.58. The number of alkyl halides is 3. The Morgan fingerprint density at radius 1 is 1.03 bits per heavy atom. The summed E-state index contributed by atoms with van der Waals surface area (Å²) in [5.74, 6) is -1.39. The molecule has 9 heteroatoms. The van der Waals surface area contributed by atoms with E-state index in [1.165, 1.54) is 11.0 Å². The van der Waals surface area contributed by atoms with Crippen LogP contribution in [0.4, 0.5) is 40.3 Å². The minimum absolute atomic E-state index is 0.0401. The van der Waals surface area contributed by atoms with Crippen LogP contribution in [0.2, 0.25) is 0 Å². The number of amides is 1. The van der Waals surface area contributed by atoms with Crippen LogP contribution in [0.1, 0.15) is 12.8 Å². The molecule has 0 aliphatic carbocycles. The van der Waals surface area contributed by atoms with Crippen molar-refractivity contribution in [3.05, 3.63) is 42.2 Å². The zero-order valence-corrected chi connectivity index (χ0v) is 16.3. The monoisotopic (exact) mass is 423 g/mol. The van der Waals surface area contributed by atoms with Crippen LogP contribution in [0, 0.1) is 11.7 Å². The maximum Gasteiger partial charge on any atom is 0.391 e. The molecule has 2 aromatic carbocycles. The van der Waals surface area contributed by atoms with Gasteiger partial charge in [-0.25, -0.2) is 4.39 Å². The smallest absolute Gasteiger partial charge is 0.391 e. The van der Waals surface area contributed by atoms with Crippen molar-refractivity contribution in [3.8, 4) is 5.75 Å². The van der Waals surface area contributed by atoms with Crippen LogP contribution in [-0.4, -0.2) is 38.8 Å². The van der Waals surface area contributed by atoms with Gasteiger partial charge in [-0.05, 0) is 43.2 Å². The molecular weight excluding hydrogens is 402 g/mol. The van der Waals surface area contributed by atoms with Gasteiger partial charge in [0.1, 0.15) is 11.6 Å². The molecule has 1 fully saturated rings. The van der Waals surface area contributed by atoms with Crippen LogP contribution in [0.5, 0.6) is 5.75 Å². The number of rotatable bonds is 3. The molecule has 1 saturated heterocycles. The first-order chi connectivity index (χ1) is 14.2. The van der Waals surface area contributed by atoms with Gasteiger partial charge in [-0.1, -0.05) is 0 Å². The van der Waals surface area contributed by atoms with Gasteiger partial charge in [-0.15, -0.1) is 0 Å². The van der Waals surface area contributed by atoms with Crippen LogP contribution in [0.15, 0.2) is 36.4 Å². The Bertz CT molecular complexity index is 956. The number of anilines is 4. The Balaban J connectivity index is 1.50. The number of piperidine rings is 1. The lowest BCUT2D eigenvalue weighted by Gasteiger charge is -2.34. The summed E-state index contributed by atoms with van der Waals surface area (Å²) in [5, 5.41) is 3.16. The third-order valence-corrected chi connectivity index (χ3v) is 5.58. The molecule has 30 heavy (non-hydrogen) atoms. The number of ether oxygens (including phenoxy) is 1. The largest absolute Gasteiger partial charge is 0.481 e. The molecule has 0 saturated carbocycles. The number of hydrogen-bond donors (Lipinski definition) is 1. The van der Waals surface area contributed by atoms with Gasteiger partial charge >= 0.3 is 6.18 Å². The molecule has 4 rings (SSSR count). The second-order valence-corrected chi connectivity index (χ2v) is 7.52. The highest BCUT2D eigenvalue weighted by Crippen LogP contribution is 2.38. The van der Waals surface area contributed by atoms with Crippen LogP contribution in [-0.2, 0) is 4.79 Å². The van der Waals surface area contributed by atoms with E-state index in [4.69, 9.17) is 4.74 Å². The minimum atomic E-state index is -4.21. The molecule has 2 aromatic rings. The molecule has 0 spiro atoms. The van der Waals surface area contributed by atoms with E-state index in [-0.39, 0.29) is 44.1 Å². The SMILES string of the molecule is CN1C(=O)COc2cc(Nc3ccc(F)c(N4CCC(C(F)(F)F)CC4)c3)ccc21. The summed E-state index contributed by atoms with van der Waals surface area (Å²) in [7, 11) is 1.67. The molecule has 160 valence electrons. The van der Waals surface area contributed by atoms with Crippen molar-refractivity contribution < 1.29 is 27.1 Å². The van der Waals surface area contributed by atoms with E-state index < -0.39 is 17.9 Å². The maximum atomic E-state index is 14.4. The zero-order valence-electron chi connectivity index (χ0n) is 16.3. The van der Waals surface area contributed by atoms with Crippen molar-refractivity contribution in [1.29, 1.82) is 0 Å². The van der Waals surface area contributed by atoms with Gasteiger partial charge in [0, 0.05) is 37.6 Å². The summed E-state index contributed by atoms with van der Waals surface area (Å²) in [6.45, 7) is 0.261. The summed E-state index contributed by atoms with van der Waals surface area (Å²) >= 11 is 0. The highest BCUT2D eigenvalue weighted by atomic mass is 19.4. The first-order valence-corrected chi connectivity index (χ1v) is 9.64. The van der Waals surface area contributed by atoms with E-state index in [0.29, 0.717) is 22.8 Å². The molecule has 0 atom stereocenters. The first kappa shape index (κ1) is 20.3. The van der Waals surface area contributed by atoms with Gasteiger partial charge in [-0.3, -0.25) is 4.79 Å². The van der Waals surface area contributed by atoms with Crippen LogP contribution < -0.4 is 19.9 Å². The average Bonchev–Trinajstić information content (AvgIpc) is 2.72. The number of nitrogens with one attached hydrogen (secondary N) is 1. The topological polar surface area (TPSA) is 44.8 Å². The summed E-state index contributed by atoms with van der Waals surface area (Å²) in [5.41, 5.74) is 2.22. The van der Waals surface area contributed by atoms with E-state index in [9.17, 15) is 22.4 Å². The third kappa shape index (κ3) is 4.01. The van der Waals surface area contributed by atoms with E-state index in [1.54, 1.807) is 42.3 Å². The number of likely N-dealkylation sites (N-methyl/N-ethyl adjacent to an activating group) is 1. The zero-order chi connectivity index (χ0) is 21.5. The molecule has 1 amide bonds. The summed E-state index contributed by atoms with van der Waals surface area (Å²) in [6, 6.07) is 9.73. The van der Waals surface area contributed by atoms with Gasteiger partial charge in [-0.2, -0.15) is 13.2 Å². The Hall–Kier alpha value is -2.97. The van der Waals surface area contributed by atoms with E-state index >= 15 is 0 Å². The molecule has 0 unspecified atom stereocenters. The van der Waals surface area contributed by atoms with Crippen molar-refractivity contribution in [2.75, 3.05) is 41.9 Å². The number of carbonyl (C=O) groups is 1. The fraction of sp³-hybridized carbons (Fsp3) is 0.381. The summed E-state index contributed by atoms with van der Waals surface area (Å²) in [6.07, 6.45) is -4.30. The van der Waals surface area contributed by atoms with Gasteiger partial charge in [0.15, 0.2) is 6.61 Å².